The molecular weight excluding hydrogens is 224 g/mol. The SMILES string of the molecule is O[C@H]1COC[C@@H]1n1cc(Br)cn1. The van der Waals surface area contributed by atoms with Gasteiger partial charge in [0.05, 0.1) is 23.9 Å². The van der Waals surface area contributed by atoms with Crippen LogP contribution in [0.4, 0.5) is 0 Å². The molecule has 5 heteroatoms. The molecule has 2 atom stereocenters. The Hall–Kier alpha value is -0.390. The molecule has 4 nitrogen and oxygen atoms in total. The van der Waals surface area contributed by atoms with Gasteiger partial charge in [0.1, 0.15) is 12.1 Å². The Labute approximate surface area is 78.3 Å². The molecule has 2 rings (SSSR count). The van der Waals surface area contributed by atoms with E-state index in [0.29, 0.717) is 13.2 Å². The molecule has 1 saturated heterocycles. The molecule has 0 bridgehead atoms. The summed E-state index contributed by atoms with van der Waals surface area (Å²) in [4.78, 5) is 0. The zero-order valence-corrected chi connectivity index (χ0v) is 7.94. The number of ether oxygens (including phenoxy) is 1. The van der Waals surface area contributed by atoms with Crippen LogP contribution in [0.15, 0.2) is 16.9 Å². The van der Waals surface area contributed by atoms with Gasteiger partial charge in [0.2, 0.25) is 0 Å². The summed E-state index contributed by atoms with van der Waals surface area (Å²) in [6, 6.07) is -0.0312. The highest BCUT2D eigenvalue weighted by molar-refractivity contribution is 9.10. The van der Waals surface area contributed by atoms with Crippen molar-refractivity contribution in [2.24, 2.45) is 0 Å². The molecule has 66 valence electrons. The standard InChI is InChI=1S/C7H9BrN2O2/c8-5-1-9-10(2-5)6-3-12-4-7(6)11/h1-2,6-7,11H,3-4H2/t6-,7-/m0/s1. The summed E-state index contributed by atoms with van der Waals surface area (Å²) in [7, 11) is 0. The van der Waals surface area contributed by atoms with Gasteiger partial charge in [-0.2, -0.15) is 5.10 Å². The first-order chi connectivity index (χ1) is 5.77. The molecule has 1 aliphatic rings. The molecule has 1 N–H and O–H groups in total. The van der Waals surface area contributed by atoms with E-state index in [1.54, 1.807) is 10.9 Å². The van der Waals surface area contributed by atoms with Crippen molar-refractivity contribution in [1.29, 1.82) is 0 Å². The van der Waals surface area contributed by atoms with Crippen molar-refractivity contribution in [3.63, 3.8) is 0 Å². The van der Waals surface area contributed by atoms with Crippen molar-refractivity contribution >= 4 is 15.9 Å². The maximum absolute atomic E-state index is 9.45. The number of aliphatic hydroxyl groups is 1. The maximum atomic E-state index is 9.45. The van der Waals surface area contributed by atoms with Crippen LogP contribution >= 0.6 is 15.9 Å². The molecule has 0 aromatic carbocycles. The summed E-state index contributed by atoms with van der Waals surface area (Å²) in [6.07, 6.45) is 3.10. The molecule has 0 amide bonds. The lowest BCUT2D eigenvalue weighted by molar-refractivity contribution is 0.118. The second-order valence-corrected chi connectivity index (χ2v) is 3.73. The van der Waals surface area contributed by atoms with Crippen molar-refractivity contribution in [1.82, 2.24) is 9.78 Å². The highest BCUT2D eigenvalue weighted by atomic mass is 79.9. The number of hydrogen-bond acceptors (Lipinski definition) is 3. The van der Waals surface area contributed by atoms with Crippen molar-refractivity contribution in [3.05, 3.63) is 16.9 Å². The van der Waals surface area contributed by atoms with Crippen LogP contribution in [-0.2, 0) is 4.74 Å². The van der Waals surface area contributed by atoms with Crippen LogP contribution in [0.1, 0.15) is 6.04 Å². The van der Waals surface area contributed by atoms with Crippen molar-refractivity contribution in [2.45, 2.75) is 12.1 Å². The van der Waals surface area contributed by atoms with Crippen LogP contribution in [-0.4, -0.2) is 34.2 Å². The fourth-order valence-corrected chi connectivity index (χ4v) is 1.58. The first-order valence-corrected chi connectivity index (χ1v) is 4.52. The second kappa shape index (κ2) is 3.16. The van der Waals surface area contributed by atoms with Gasteiger partial charge in [0.15, 0.2) is 0 Å². The second-order valence-electron chi connectivity index (χ2n) is 2.81. The third kappa shape index (κ3) is 1.39. The summed E-state index contributed by atoms with van der Waals surface area (Å²) in [5, 5.41) is 13.5. The number of nitrogens with zero attached hydrogens (tertiary/aromatic N) is 2. The molecule has 0 unspecified atom stereocenters. The van der Waals surface area contributed by atoms with Crippen molar-refractivity contribution in [3.8, 4) is 0 Å². The summed E-state index contributed by atoms with van der Waals surface area (Å²) < 4.78 is 7.75. The normalized spacial score (nSPS) is 29.5. The zero-order valence-electron chi connectivity index (χ0n) is 6.35. The predicted octanol–water partition coefficient (Wildman–Crippen LogP) is 0.578. The summed E-state index contributed by atoms with van der Waals surface area (Å²) in [5.41, 5.74) is 0. The van der Waals surface area contributed by atoms with E-state index in [9.17, 15) is 5.11 Å². The molecule has 12 heavy (non-hydrogen) atoms. The van der Waals surface area contributed by atoms with Crippen LogP contribution in [0.25, 0.3) is 0 Å². The molecule has 1 aromatic rings. The van der Waals surface area contributed by atoms with Crippen LogP contribution in [0, 0.1) is 0 Å². The van der Waals surface area contributed by atoms with Gasteiger partial charge >= 0.3 is 0 Å². The number of hydrogen-bond donors (Lipinski definition) is 1. The molecule has 0 spiro atoms. The monoisotopic (exact) mass is 232 g/mol. The van der Waals surface area contributed by atoms with E-state index in [0.717, 1.165) is 4.47 Å². The average molecular weight is 233 g/mol. The number of aromatic nitrogens is 2. The van der Waals surface area contributed by atoms with Crippen LogP contribution < -0.4 is 0 Å². The Kier molecular flexibility index (Phi) is 2.16. The van der Waals surface area contributed by atoms with E-state index < -0.39 is 6.10 Å². The van der Waals surface area contributed by atoms with Crippen molar-refractivity contribution in [2.75, 3.05) is 13.2 Å². The molecule has 0 saturated carbocycles. The van der Waals surface area contributed by atoms with Crippen LogP contribution in [0.5, 0.6) is 0 Å². The van der Waals surface area contributed by atoms with E-state index in [4.69, 9.17) is 4.74 Å². The fraction of sp³-hybridized carbons (Fsp3) is 0.571. The summed E-state index contributed by atoms with van der Waals surface area (Å²) in [6.45, 7) is 0.942. The molecule has 0 radical (unpaired) electrons. The lowest BCUT2D eigenvalue weighted by Crippen LogP contribution is -2.22. The highest BCUT2D eigenvalue weighted by Gasteiger charge is 2.28. The van der Waals surface area contributed by atoms with Gasteiger partial charge < -0.3 is 9.84 Å². The van der Waals surface area contributed by atoms with E-state index >= 15 is 0 Å². The lowest BCUT2D eigenvalue weighted by Gasteiger charge is -2.11. The lowest BCUT2D eigenvalue weighted by atomic mass is 10.2. The van der Waals surface area contributed by atoms with E-state index in [1.165, 1.54) is 0 Å². The first-order valence-electron chi connectivity index (χ1n) is 3.73. The van der Waals surface area contributed by atoms with E-state index in [2.05, 4.69) is 21.0 Å². The van der Waals surface area contributed by atoms with Crippen LogP contribution in [0.3, 0.4) is 0 Å². The molecule has 1 aromatic heterocycles. The van der Waals surface area contributed by atoms with Crippen molar-refractivity contribution < 1.29 is 9.84 Å². The van der Waals surface area contributed by atoms with Gasteiger partial charge in [0.25, 0.3) is 0 Å². The fourth-order valence-electron chi connectivity index (χ4n) is 1.28. The molecule has 0 aliphatic carbocycles. The quantitative estimate of drug-likeness (QED) is 0.771. The predicted molar refractivity (Wildman–Crippen MR) is 45.8 cm³/mol. The molecule has 2 heterocycles. The maximum Gasteiger partial charge on any atom is 0.103 e. The zero-order chi connectivity index (χ0) is 8.55. The van der Waals surface area contributed by atoms with Gasteiger partial charge in [-0.05, 0) is 15.9 Å². The number of rotatable bonds is 1. The minimum absolute atomic E-state index is 0.0312. The van der Waals surface area contributed by atoms with Gasteiger partial charge in [-0.3, -0.25) is 4.68 Å². The Balaban J connectivity index is 2.19. The van der Waals surface area contributed by atoms with Gasteiger partial charge in [0, 0.05) is 6.20 Å². The first kappa shape index (κ1) is 8.22. The Morgan fingerprint density at radius 1 is 1.67 bits per heavy atom. The molecular formula is C7H9BrN2O2. The number of aliphatic hydroxyl groups excluding tert-OH is 1. The summed E-state index contributed by atoms with van der Waals surface area (Å²) in [5.74, 6) is 0. The topological polar surface area (TPSA) is 47.3 Å². The summed E-state index contributed by atoms with van der Waals surface area (Å²) >= 11 is 3.29. The Morgan fingerprint density at radius 3 is 3.00 bits per heavy atom. The number of halogens is 1. The van der Waals surface area contributed by atoms with Gasteiger partial charge in [-0.25, -0.2) is 0 Å². The minimum Gasteiger partial charge on any atom is -0.388 e. The van der Waals surface area contributed by atoms with Gasteiger partial charge in [-0.1, -0.05) is 0 Å². The third-order valence-electron chi connectivity index (χ3n) is 1.93. The Morgan fingerprint density at radius 2 is 2.50 bits per heavy atom. The molecule has 1 fully saturated rings. The van der Waals surface area contributed by atoms with E-state index in [-0.39, 0.29) is 6.04 Å². The highest BCUT2D eigenvalue weighted by Crippen LogP contribution is 2.20. The van der Waals surface area contributed by atoms with Crippen LogP contribution in [0.2, 0.25) is 0 Å². The third-order valence-corrected chi connectivity index (χ3v) is 2.34. The largest absolute Gasteiger partial charge is 0.388 e. The minimum atomic E-state index is -0.434. The smallest absolute Gasteiger partial charge is 0.103 e. The van der Waals surface area contributed by atoms with Gasteiger partial charge in [-0.15, -0.1) is 0 Å². The average Bonchev–Trinajstić information content (AvgIpc) is 2.58. The molecule has 1 aliphatic heterocycles. The van der Waals surface area contributed by atoms with E-state index in [1.807, 2.05) is 6.20 Å². The Bertz CT molecular complexity index is 276.